The number of halogens is 4. The predicted molar refractivity (Wildman–Crippen MR) is 67.4 cm³/mol. The van der Waals surface area contributed by atoms with Crippen molar-refractivity contribution in [2.75, 3.05) is 32.8 Å². The second-order valence-electron chi connectivity index (χ2n) is 4.72. The summed E-state index contributed by atoms with van der Waals surface area (Å²) in [5, 5.41) is 12.6. The Bertz CT molecular complexity index is 476. The molecule has 1 fully saturated rings. The molecule has 1 aromatic rings. The molecule has 0 radical (unpaired) electrons. The summed E-state index contributed by atoms with van der Waals surface area (Å²) in [5.41, 5.74) is 0.423. The van der Waals surface area contributed by atoms with Gasteiger partial charge < -0.3 is 15.2 Å². The Balaban J connectivity index is 2.17. The SMILES string of the molecule is OC[C@H](c1ccc(OC(F)(F)F)c(F)c1)N1CCNCC1. The van der Waals surface area contributed by atoms with Crippen molar-refractivity contribution < 1.29 is 27.4 Å². The van der Waals surface area contributed by atoms with E-state index in [-0.39, 0.29) is 6.61 Å². The van der Waals surface area contributed by atoms with E-state index in [9.17, 15) is 22.7 Å². The van der Waals surface area contributed by atoms with Crippen LogP contribution in [-0.4, -0.2) is 49.2 Å². The zero-order valence-electron chi connectivity index (χ0n) is 11.2. The lowest BCUT2D eigenvalue weighted by molar-refractivity contribution is -0.275. The van der Waals surface area contributed by atoms with Crippen LogP contribution < -0.4 is 10.1 Å². The Morgan fingerprint density at radius 3 is 2.48 bits per heavy atom. The van der Waals surface area contributed by atoms with Crippen molar-refractivity contribution in [3.8, 4) is 5.75 Å². The molecule has 1 aromatic carbocycles. The van der Waals surface area contributed by atoms with Crippen LogP contribution in [-0.2, 0) is 0 Å². The molecule has 1 atom stereocenters. The van der Waals surface area contributed by atoms with Gasteiger partial charge in [-0.3, -0.25) is 4.90 Å². The molecular formula is C13H16F4N2O2. The van der Waals surface area contributed by atoms with Gasteiger partial charge in [-0.15, -0.1) is 13.2 Å². The summed E-state index contributed by atoms with van der Waals surface area (Å²) in [6.45, 7) is 2.60. The lowest BCUT2D eigenvalue weighted by atomic mass is 10.0. The first-order chi connectivity index (χ1) is 9.90. The maximum Gasteiger partial charge on any atom is 0.573 e. The highest BCUT2D eigenvalue weighted by Gasteiger charge is 2.32. The maximum absolute atomic E-state index is 13.7. The quantitative estimate of drug-likeness (QED) is 0.831. The number of aliphatic hydroxyl groups is 1. The monoisotopic (exact) mass is 308 g/mol. The molecule has 0 amide bonds. The molecule has 1 saturated heterocycles. The Morgan fingerprint density at radius 2 is 1.95 bits per heavy atom. The first-order valence-electron chi connectivity index (χ1n) is 6.51. The fraction of sp³-hybridized carbons (Fsp3) is 0.538. The van der Waals surface area contributed by atoms with Crippen molar-refractivity contribution in [1.82, 2.24) is 10.2 Å². The number of hydrogen-bond acceptors (Lipinski definition) is 4. The van der Waals surface area contributed by atoms with E-state index >= 15 is 0 Å². The van der Waals surface area contributed by atoms with Gasteiger partial charge in [-0.05, 0) is 17.7 Å². The van der Waals surface area contributed by atoms with Crippen LogP contribution >= 0.6 is 0 Å². The standard InChI is InChI=1S/C13H16F4N2O2/c14-10-7-9(1-2-12(10)21-13(15,16)17)11(8-20)19-5-3-18-4-6-19/h1-2,7,11,18,20H,3-6,8H2/t11-/m1/s1. The third kappa shape index (κ3) is 4.29. The molecule has 2 rings (SSSR count). The number of nitrogens with one attached hydrogen (secondary N) is 1. The zero-order chi connectivity index (χ0) is 15.5. The van der Waals surface area contributed by atoms with E-state index in [0.717, 1.165) is 25.2 Å². The van der Waals surface area contributed by atoms with E-state index in [4.69, 9.17) is 0 Å². The number of alkyl halides is 3. The highest BCUT2D eigenvalue weighted by atomic mass is 19.4. The molecule has 8 heteroatoms. The Kier molecular flexibility index (Phi) is 5.02. The van der Waals surface area contributed by atoms with Crippen molar-refractivity contribution in [2.24, 2.45) is 0 Å². The zero-order valence-corrected chi connectivity index (χ0v) is 11.2. The molecule has 2 N–H and O–H groups in total. The Labute approximate surface area is 119 Å². The predicted octanol–water partition coefficient (Wildman–Crippen LogP) is 1.66. The number of rotatable bonds is 4. The summed E-state index contributed by atoms with van der Waals surface area (Å²) >= 11 is 0. The second kappa shape index (κ2) is 6.59. The van der Waals surface area contributed by atoms with Crippen molar-refractivity contribution >= 4 is 0 Å². The van der Waals surface area contributed by atoms with Gasteiger partial charge in [-0.2, -0.15) is 0 Å². The number of aliphatic hydroxyl groups excluding tert-OH is 1. The summed E-state index contributed by atoms with van der Waals surface area (Å²) < 4.78 is 53.6. The van der Waals surface area contributed by atoms with E-state index in [1.807, 2.05) is 4.90 Å². The van der Waals surface area contributed by atoms with E-state index in [2.05, 4.69) is 10.1 Å². The lowest BCUT2D eigenvalue weighted by Crippen LogP contribution is -2.46. The summed E-state index contributed by atoms with van der Waals surface area (Å²) in [7, 11) is 0. The van der Waals surface area contributed by atoms with Gasteiger partial charge >= 0.3 is 6.36 Å². The van der Waals surface area contributed by atoms with Crippen LogP contribution in [0.5, 0.6) is 5.75 Å². The van der Waals surface area contributed by atoms with Gasteiger partial charge in [0.1, 0.15) is 0 Å². The molecule has 1 aliphatic heterocycles. The first kappa shape index (κ1) is 16.0. The molecule has 4 nitrogen and oxygen atoms in total. The van der Waals surface area contributed by atoms with Crippen molar-refractivity contribution in [2.45, 2.75) is 12.4 Å². The third-order valence-electron chi connectivity index (χ3n) is 3.33. The highest BCUT2D eigenvalue weighted by Crippen LogP contribution is 2.29. The normalized spacial score (nSPS) is 18.5. The van der Waals surface area contributed by atoms with Gasteiger partial charge in [0.15, 0.2) is 11.6 Å². The van der Waals surface area contributed by atoms with Crippen LogP contribution in [0.15, 0.2) is 18.2 Å². The molecule has 0 aliphatic carbocycles. The Morgan fingerprint density at radius 1 is 1.29 bits per heavy atom. The number of ether oxygens (including phenoxy) is 1. The van der Waals surface area contributed by atoms with Gasteiger partial charge in [-0.1, -0.05) is 6.07 Å². The summed E-state index contributed by atoms with van der Waals surface area (Å²) in [4.78, 5) is 1.95. The third-order valence-corrected chi connectivity index (χ3v) is 3.33. The van der Waals surface area contributed by atoms with Gasteiger partial charge in [0.2, 0.25) is 0 Å². The summed E-state index contributed by atoms with van der Waals surface area (Å²) in [6, 6.07) is 2.81. The fourth-order valence-corrected chi connectivity index (χ4v) is 2.36. The second-order valence-corrected chi connectivity index (χ2v) is 4.72. The van der Waals surface area contributed by atoms with Gasteiger partial charge in [-0.25, -0.2) is 4.39 Å². The van der Waals surface area contributed by atoms with Crippen LogP contribution in [0.4, 0.5) is 17.6 Å². The Hall–Kier alpha value is -1.38. The van der Waals surface area contributed by atoms with Crippen LogP contribution in [0.3, 0.4) is 0 Å². The molecule has 0 spiro atoms. The number of nitrogens with zero attached hydrogens (tertiary/aromatic N) is 1. The molecule has 0 aromatic heterocycles. The maximum atomic E-state index is 13.7. The van der Waals surface area contributed by atoms with Gasteiger partial charge in [0, 0.05) is 26.2 Å². The highest BCUT2D eigenvalue weighted by molar-refractivity contribution is 5.31. The first-order valence-corrected chi connectivity index (χ1v) is 6.51. The van der Waals surface area contributed by atoms with Crippen LogP contribution in [0.1, 0.15) is 11.6 Å². The topological polar surface area (TPSA) is 44.7 Å². The van der Waals surface area contributed by atoms with E-state index in [1.165, 1.54) is 6.07 Å². The van der Waals surface area contributed by atoms with Gasteiger partial charge in [0.05, 0.1) is 12.6 Å². The number of hydrogen-bond donors (Lipinski definition) is 2. The summed E-state index contributed by atoms with van der Waals surface area (Å²) in [6.07, 6.45) is -4.93. The molecule has 1 aliphatic rings. The van der Waals surface area contributed by atoms with Crippen molar-refractivity contribution in [1.29, 1.82) is 0 Å². The number of piperazine rings is 1. The van der Waals surface area contributed by atoms with Crippen molar-refractivity contribution in [3.05, 3.63) is 29.6 Å². The minimum absolute atomic E-state index is 0.237. The molecule has 0 unspecified atom stereocenters. The van der Waals surface area contributed by atoms with Crippen LogP contribution in [0.25, 0.3) is 0 Å². The average Bonchev–Trinajstić information content (AvgIpc) is 2.42. The average molecular weight is 308 g/mol. The van der Waals surface area contributed by atoms with Crippen molar-refractivity contribution in [3.63, 3.8) is 0 Å². The lowest BCUT2D eigenvalue weighted by Gasteiger charge is -2.34. The molecule has 0 bridgehead atoms. The molecule has 21 heavy (non-hydrogen) atoms. The smallest absolute Gasteiger partial charge is 0.403 e. The minimum atomic E-state index is -4.93. The minimum Gasteiger partial charge on any atom is -0.403 e. The van der Waals surface area contributed by atoms with E-state index < -0.39 is 24.0 Å². The van der Waals surface area contributed by atoms with E-state index in [1.54, 1.807) is 0 Å². The molecule has 0 saturated carbocycles. The molecule has 1 heterocycles. The van der Waals surface area contributed by atoms with Crippen LogP contribution in [0, 0.1) is 5.82 Å². The fourth-order valence-electron chi connectivity index (χ4n) is 2.36. The summed E-state index contributed by atoms with van der Waals surface area (Å²) in [5.74, 6) is -1.97. The van der Waals surface area contributed by atoms with Gasteiger partial charge in [0.25, 0.3) is 0 Å². The van der Waals surface area contributed by atoms with Crippen LogP contribution in [0.2, 0.25) is 0 Å². The molecule has 118 valence electrons. The number of benzene rings is 1. The largest absolute Gasteiger partial charge is 0.573 e. The van der Waals surface area contributed by atoms with E-state index in [0.29, 0.717) is 18.7 Å². The molecular weight excluding hydrogens is 292 g/mol.